The van der Waals surface area contributed by atoms with Crippen molar-refractivity contribution in [1.82, 2.24) is 23.8 Å². The van der Waals surface area contributed by atoms with Crippen molar-refractivity contribution >= 4 is 67.0 Å². The maximum Gasteiger partial charge on any atom is 0.599 e. The molecule has 8 fully saturated rings. The molecule has 8 aliphatic carbocycles. The number of aromatic nitrogens is 4. The molecule has 0 radical (unpaired) electrons. The summed E-state index contributed by atoms with van der Waals surface area (Å²) in [6.45, 7) is 1.18. The summed E-state index contributed by atoms with van der Waals surface area (Å²) >= 11 is 0. The summed E-state index contributed by atoms with van der Waals surface area (Å²) < 4.78 is 21.3. The van der Waals surface area contributed by atoms with Gasteiger partial charge >= 0.3 is 8.88 Å². The van der Waals surface area contributed by atoms with Crippen LogP contribution < -0.4 is 11.0 Å². The first-order chi connectivity index (χ1) is 32.0. The number of nitrogens with zero attached hydrogens (tertiary/aromatic N) is 11. The molecule has 14 aliphatic rings. The fourth-order valence-electron chi connectivity index (χ4n) is 16.3. The van der Waals surface area contributed by atoms with E-state index in [9.17, 15) is 0 Å². The molecule has 328 valence electrons. The molecule has 1 unspecified atom stereocenters. The van der Waals surface area contributed by atoms with Crippen molar-refractivity contribution in [3.05, 3.63) is 75.7 Å². The Labute approximate surface area is 377 Å². The lowest BCUT2D eigenvalue weighted by molar-refractivity contribution is -0.100. The van der Waals surface area contributed by atoms with Crippen LogP contribution in [0.15, 0.2) is 82.9 Å². The van der Waals surface area contributed by atoms with E-state index in [1.54, 1.807) is 0 Å². The minimum atomic E-state index is -4.23. The lowest BCUT2D eigenvalue weighted by atomic mass is 9.50. The van der Waals surface area contributed by atoms with Crippen LogP contribution in [0, 0.1) is 46.3 Å². The quantitative estimate of drug-likeness (QED) is 0.194. The van der Waals surface area contributed by atoms with Gasteiger partial charge in [-0.3, -0.25) is 28.8 Å². The predicted octanol–water partition coefficient (Wildman–Crippen LogP) is 8.08. The molecule has 6 aliphatic heterocycles. The summed E-state index contributed by atoms with van der Waals surface area (Å²) in [4.78, 5) is 52.4. The van der Waals surface area contributed by atoms with Gasteiger partial charge in [0.2, 0.25) is 0 Å². The van der Waals surface area contributed by atoms with Crippen LogP contribution in [-0.2, 0) is 15.3 Å². The number of rotatable bonds is 6. The summed E-state index contributed by atoms with van der Waals surface area (Å²) in [5.74, 6) is 7.90. The number of hydrogen-bond acceptors (Lipinski definition) is 12. The van der Waals surface area contributed by atoms with Crippen molar-refractivity contribution in [3.8, 4) is 0 Å². The average Bonchev–Trinajstić information content (AvgIpc) is 4.02. The summed E-state index contributed by atoms with van der Waals surface area (Å²) in [5.41, 5.74) is 7.61. The van der Waals surface area contributed by atoms with E-state index in [-0.39, 0.29) is 10.8 Å². The molecule has 14 nitrogen and oxygen atoms in total. The first-order valence-corrected chi connectivity index (χ1v) is 26.4. The van der Waals surface area contributed by atoms with Crippen LogP contribution >= 0.6 is 0 Å². The molecule has 0 saturated heterocycles. The van der Waals surface area contributed by atoms with Crippen molar-refractivity contribution in [3.63, 3.8) is 0 Å². The molecule has 10 heterocycles. The Morgan fingerprint density at radius 2 is 1.34 bits per heavy atom. The van der Waals surface area contributed by atoms with Crippen LogP contribution in [0.4, 0.5) is 17.3 Å². The molecular formula is C50H52N12O2Si. The van der Waals surface area contributed by atoms with Crippen molar-refractivity contribution in [1.29, 1.82) is 0 Å². The standard InChI is InChI=1S/C50H52N12O2Si/c1-5-33-37(51-9-1)43-55-41(33)57-47-39-35(7-3-11-53-39)46-60-44-38-34(6-2-10-52-38)42(56-44)58-48-40-36(8-4-12-54-40)45(59-43)62(48)65(61(46)47,63-25-49-19-27-13-28(20-49)15-29(14-27)21-49)64-26-50-22-30-16-31(23-50)18-32(17-30)24-50/h3-4,7-12,27-32,47,56H,1-2,5-6,13-26H2. The maximum atomic E-state index is 8.33. The second kappa shape index (κ2) is 13.0. The van der Waals surface area contributed by atoms with Crippen molar-refractivity contribution in [2.75, 3.05) is 13.2 Å². The van der Waals surface area contributed by atoms with Gasteiger partial charge in [0, 0.05) is 60.1 Å². The van der Waals surface area contributed by atoms with Crippen molar-refractivity contribution in [2.45, 2.75) is 109 Å². The van der Waals surface area contributed by atoms with Gasteiger partial charge in [0.15, 0.2) is 29.1 Å². The fourth-order valence-corrected chi connectivity index (χ4v) is 20.0. The Kier molecular flexibility index (Phi) is 7.38. The minimum absolute atomic E-state index is 0.0616. The van der Waals surface area contributed by atoms with Gasteiger partial charge < -0.3 is 13.8 Å². The average molecular weight is 881 g/mol. The third-order valence-electron chi connectivity index (χ3n) is 17.9. The molecule has 1 N–H and O–H groups in total. The van der Waals surface area contributed by atoms with Crippen LogP contribution in [0.3, 0.4) is 0 Å². The van der Waals surface area contributed by atoms with Crippen LogP contribution in [0.25, 0.3) is 10.9 Å². The molecule has 65 heavy (non-hydrogen) atoms. The first-order valence-electron chi connectivity index (χ1n) is 24.7. The third-order valence-corrected chi connectivity index (χ3v) is 21.0. The number of pyridine rings is 2. The highest BCUT2D eigenvalue weighted by molar-refractivity contribution is 6.66. The van der Waals surface area contributed by atoms with Crippen LogP contribution in [0.1, 0.15) is 119 Å². The second-order valence-corrected chi connectivity index (χ2v) is 24.9. The molecule has 0 aromatic carbocycles. The molecule has 4 aromatic heterocycles. The molecule has 1 atom stereocenters. The molecule has 0 amide bonds. The van der Waals surface area contributed by atoms with Gasteiger partial charge in [-0.1, -0.05) is 0 Å². The van der Waals surface area contributed by atoms with Gasteiger partial charge in [-0.25, -0.2) is 25.0 Å². The summed E-state index contributed by atoms with van der Waals surface area (Å²) in [5, 5.41) is 0.873. The predicted molar refractivity (Wildman–Crippen MR) is 248 cm³/mol. The molecule has 18 rings (SSSR count). The Hall–Kier alpha value is -5.25. The topological polar surface area (TPSA) is 155 Å². The second-order valence-electron chi connectivity index (χ2n) is 22.2. The number of hydrogen-bond donors (Lipinski definition) is 1. The van der Waals surface area contributed by atoms with Gasteiger partial charge in [0.05, 0.1) is 5.69 Å². The molecule has 4 aromatic rings. The molecule has 8 saturated carbocycles. The SMILES string of the molecule is C1=NC2=C(CC1)C1=NC3c4ncccc4C4=Nc5[nH]c(c6c5N=CCC6)N=c5c6ncccc6c(n5[Si](OCC56CC7CC(CC(C7)C5)C6)(OCC56CC7CC(CC(C7)C5)C6)N43)=NC2=N1. The van der Waals surface area contributed by atoms with Crippen molar-refractivity contribution in [2.24, 2.45) is 81.3 Å². The van der Waals surface area contributed by atoms with E-state index < -0.39 is 15.0 Å². The Morgan fingerprint density at radius 1 is 0.677 bits per heavy atom. The minimum Gasteiger partial charge on any atom is -0.361 e. The zero-order valence-corrected chi connectivity index (χ0v) is 37.6. The number of fused-ring (bicyclic) bond motifs is 14. The number of aromatic amines is 1. The first kappa shape index (κ1) is 36.9. The molecule has 14 bridgehead atoms. The summed E-state index contributed by atoms with van der Waals surface area (Å²) in [6.07, 6.45) is 25.7. The Morgan fingerprint density at radius 3 is 2.06 bits per heavy atom. The third kappa shape index (κ3) is 5.20. The maximum absolute atomic E-state index is 8.33. The highest BCUT2D eigenvalue weighted by Gasteiger charge is 2.64. The van der Waals surface area contributed by atoms with Gasteiger partial charge in [-0.15, -0.1) is 0 Å². The summed E-state index contributed by atoms with van der Waals surface area (Å²) in [7, 11) is -4.23. The summed E-state index contributed by atoms with van der Waals surface area (Å²) in [6, 6.07) is 8.32. The molecule has 15 heteroatoms. The van der Waals surface area contributed by atoms with E-state index in [0.29, 0.717) is 41.7 Å². The normalized spacial score (nSPS) is 36.8. The lowest BCUT2D eigenvalue weighted by Gasteiger charge is -2.58. The van der Waals surface area contributed by atoms with E-state index in [4.69, 9.17) is 53.8 Å². The van der Waals surface area contributed by atoms with E-state index in [1.807, 2.05) is 37.0 Å². The van der Waals surface area contributed by atoms with E-state index in [2.05, 4.69) is 25.9 Å². The van der Waals surface area contributed by atoms with E-state index >= 15 is 0 Å². The van der Waals surface area contributed by atoms with Crippen molar-refractivity contribution < 1.29 is 8.85 Å². The Balaban J connectivity index is 1.03. The zero-order chi connectivity index (χ0) is 42.2. The highest BCUT2D eigenvalue weighted by Crippen LogP contribution is 2.62. The van der Waals surface area contributed by atoms with Crippen LogP contribution in [0.2, 0.25) is 0 Å². The van der Waals surface area contributed by atoms with Gasteiger partial charge in [-0.2, -0.15) is 0 Å². The van der Waals surface area contributed by atoms with Gasteiger partial charge in [0.25, 0.3) is 0 Å². The van der Waals surface area contributed by atoms with E-state index in [0.717, 1.165) is 118 Å². The molecule has 0 spiro atoms. The Bertz CT molecular complexity index is 3020. The number of amidine groups is 3. The molecular weight excluding hydrogens is 829 g/mol. The lowest BCUT2D eigenvalue weighted by Crippen LogP contribution is -2.71. The number of nitrogens with one attached hydrogen (secondary N) is 1. The van der Waals surface area contributed by atoms with Gasteiger partial charge in [0.1, 0.15) is 34.0 Å². The van der Waals surface area contributed by atoms with E-state index in [1.165, 1.54) is 77.0 Å². The number of H-pyrrole nitrogens is 1. The monoisotopic (exact) mass is 880 g/mol. The van der Waals surface area contributed by atoms with Gasteiger partial charge in [-0.05, 0) is 173 Å². The smallest absolute Gasteiger partial charge is 0.361 e. The largest absolute Gasteiger partial charge is 0.599 e. The van der Waals surface area contributed by atoms with Crippen LogP contribution in [0.5, 0.6) is 0 Å². The highest BCUT2D eigenvalue weighted by atomic mass is 28.4. The van der Waals surface area contributed by atoms with Crippen LogP contribution in [-0.4, -0.2) is 75.8 Å². The number of aliphatic imine (C=N–C) groups is 5. The fraction of sp³-hybridized carbons (Fsp3) is 0.540. The zero-order valence-electron chi connectivity index (χ0n) is 36.6.